The monoisotopic (exact) mass is 288 g/mol. The number of hydrogen-bond donors (Lipinski definition) is 2. The normalized spacial score (nSPS) is 21.6. The zero-order chi connectivity index (χ0) is 13.8. The van der Waals surface area contributed by atoms with Crippen molar-refractivity contribution < 1.29 is 0 Å². The van der Waals surface area contributed by atoms with Crippen molar-refractivity contribution in [3.05, 3.63) is 41.5 Å². The number of likely N-dealkylation sites (N-methyl/N-ethyl adjacent to an activating group) is 1. The predicted octanol–water partition coefficient (Wildman–Crippen LogP) is 3.96. The van der Waals surface area contributed by atoms with Crippen LogP contribution in [0.15, 0.2) is 35.9 Å². The van der Waals surface area contributed by atoms with Gasteiger partial charge in [-0.3, -0.25) is 0 Å². The lowest BCUT2D eigenvalue weighted by Crippen LogP contribution is -2.44. The lowest BCUT2D eigenvalue weighted by Gasteiger charge is -2.36. The Morgan fingerprint density at radius 2 is 1.90 bits per heavy atom. The molecule has 2 N–H and O–H groups in total. The van der Waals surface area contributed by atoms with Crippen LogP contribution in [-0.2, 0) is 0 Å². The van der Waals surface area contributed by atoms with E-state index >= 15 is 0 Å². The van der Waals surface area contributed by atoms with E-state index in [0.29, 0.717) is 0 Å². The Morgan fingerprint density at radius 1 is 1.15 bits per heavy atom. The van der Waals surface area contributed by atoms with E-state index in [-0.39, 0.29) is 5.54 Å². The molecule has 1 saturated carbocycles. The zero-order valence-corrected chi connectivity index (χ0v) is 13.1. The van der Waals surface area contributed by atoms with Crippen molar-refractivity contribution in [2.45, 2.75) is 44.6 Å². The molecule has 1 aromatic carbocycles. The highest BCUT2D eigenvalue weighted by atomic mass is 32.2. The highest BCUT2D eigenvalue weighted by molar-refractivity contribution is 8.07. The van der Waals surface area contributed by atoms with Crippen LogP contribution in [0.1, 0.15) is 44.6 Å². The van der Waals surface area contributed by atoms with Crippen molar-refractivity contribution in [1.29, 1.82) is 0 Å². The van der Waals surface area contributed by atoms with Gasteiger partial charge in [0.05, 0.1) is 5.54 Å². The van der Waals surface area contributed by atoms with E-state index in [1.165, 1.54) is 42.6 Å². The molecule has 0 amide bonds. The van der Waals surface area contributed by atoms with Gasteiger partial charge in [0.1, 0.15) is 0 Å². The zero-order valence-electron chi connectivity index (χ0n) is 12.2. The summed E-state index contributed by atoms with van der Waals surface area (Å²) in [4.78, 5) is 1.45. The molecular weight excluding hydrogens is 264 g/mol. The molecule has 2 nitrogen and oxygen atoms in total. The summed E-state index contributed by atoms with van der Waals surface area (Å²) in [7, 11) is 0. The van der Waals surface area contributed by atoms with Crippen molar-refractivity contribution in [1.82, 2.24) is 10.0 Å². The first-order chi connectivity index (χ1) is 9.86. The molecule has 0 atom stereocenters. The first-order valence-corrected chi connectivity index (χ1v) is 8.61. The predicted molar refractivity (Wildman–Crippen MR) is 88.4 cm³/mol. The van der Waals surface area contributed by atoms with Gasteiger partial charge in [0.15, 0.2) is 0 Å². The number of benzene rings is 1. The molecule has 1 aliphatic carbocycles. The third kappa shape index (κ3) is 2.67. The average Bonchev–Trinajstić information content (AvgIpc) is 2.85. The molecule has 1 aliphatic heterocycles. The van der Waals surface area contributed by atoms with Gasteiger partial charge in [0.25, 0.3) is 0 Å². The Balaban J connectivity index is 1.96. The number of hydrogen-bond acceptors (Lipinski definition) is 3. The Bertz CT molecular complexity index is 475. The van der Waals surface area contributed by atoms with Crippen molar-refractivity contribution in [2.75, 3.05) is 13.1 Å². The molecular formula is C17H24N2S. The van der Waals surface area contributed by atoms with E-state index in [2.05, 4.69) is 47.3 Å². The van der Waals surface area contributed by atoms with Crippen molar-refractivity contribution in [3.8, 4) is 0 Å². The topological polar surface area (TPSA) is 24.1 Å². The summed E-state index contributed by atoms with van der Waals surface area (Å²) < 4.78 is 3.78. The minimum absolute atomic E-state index is 0.246. The highest BCUT2D eigenvalue weighted by Crippen LogP contribution is 2.47. The second-order valence-electron chi connectivity index (χ2n) is 5.80. The number of nitrogens with one attached hydrogen (secondary N) is 2. The second-order valence-corrected chi connectivity index (χ2v) is 6.62. The lowest BCUT2D eigenvalue weighted by molar-refractivity contribution is 0.321. The van der Waals surface area contributed by atoms with Crippen LogP contribution in [-0.4, -0.2) is 18.6 Å². The minimum Gasteiger partial charge on any atom is -0.313 e. The Hall–Kier alpha value is -0.770. The maximum Gasteiger partial charge on any atom is 0.0521 e. The molecule has 0 bridgehead atoms. The lowest BCUT2D eigenvalue weighted by atomic mass is 9.76. The summed E-state index contributed by atoms with van der Waals surface area (Å²) in [6, 6.07) is 10.8. The van der Waals surface area contributed by atoms with Crippen molar-refractivity contribution in [3.63, 3.8) is 0 Å². The molecule has 1 spiro atoms. The van der Waals surface area contributed by atoms with Gasteiger partial charge in [-0.1, -0.05) is 56.5 Å². The Morgan fingerprint density at radius 3 is 2.60 bits per heavy atom. The fourth-order valence-electron chi connectivity index (χ4n) is 3.37. The number of rotatable bonds is 4. The first kappa shape index (κ1) is 14.2. The van der Waals surface area contributed by atoms with Gasteiger partial charge in [-0.25, -0.2) is 4.72 Å². The van der Waals surface area contributed by atoms with Crippen LogP contribution in [0.3, 0.4) is 0 Å². The summed E-state index contributed by atoms with van der Waals surface area (Å²) in [6.45, 7) is 4.23. The van der Waals surface area contributed by atoms with E-state index in [0.717, 1.165) is 13.1 Å². The van der Waals surface area contributed by atoms with Crippen LogP contribution in [0, 0.1) is 0 Å². The van der Waals surface area contributed by atoms with Gasteiger partial charge in [-0.15, -0.1) is 0 Å². The van der Waals surface area contributed by atoms with Crippen LogP contribution in [0.2, 0.25) is 0 Å². The average molecular weight is 288 g/mol. The van der Waals surface area contributed by atoms with Gasteiger partial charge in [0, 0.05) is 11.4 Å². The van der Waals surface area contributed by atoms with E-state index in [1.54, 1.807) is 5.57 Å². The van der Waals surface area contributed by atoms with E-state index in [9.17, 15) is 0 Å². The van der Waals surface area contributed by atoms with Gasteiger partial charge in [0.2, 0.25) is 0 Å². The van der Waals surface area contributed by atoms with Crippen molar-refractivity contribution >= 4 is 16.9 Å². The first-order valence-electron chi connectivity index (χ1n) is 7.79. The molecule has 2 aliphatic rings. The van der Waals surface area contributed by atoms with Crippen LogP contribution in [0.4, 0.5) is 0 Å². The Labute approximate surface area is 126 Å². The largest absolute Gasteiger partial charge is 0.313 e. The SMILES string of the molecule is CCNCC1=C(c2ccccc2)SNC12CCCCC2. The molecule has 0 saturated heterocycles. The van der Waals surface area contributed by atoms with E-state index < -0.39 is 0 Å². The molecule has 1 aromatic rings. The fourth-order valence-corrected chi connectivity index (χ4v) is 4.64. The summed E-state index contributed by atoms with van der Waals surface area (Å²) in [5.41, 5.74) is 3.20. The maximum absolute atomic E-state index is 3.78. The smallest absolute Gasteiger partial charge is 0.0521 e. The third-order valence-electron chi connectivity index (χ3n) is 4.50. The molecule has 1 heterocycles. The van der Waals surface area contributed by atoms with Crippen LogP contribution in [0.5, 0.6) is 0 Å². The van der Waals surface area contributed by atoms with Crippen LogP contribution >= 0.6 is 11.9 Å². The molecule has 3 rings (SSSR count). The summed E-state index contributed by atoms with van der Waals surface area (Å²) in [5, 5.41) is 3.55. The molecule has 3 heteroatoms. The quantitative estimate of drug-likeness (QED) is 0.820. The minimum atomic E-state index is 0.246. The highest BCUT2D eigenvalue weighted by Gasteiger charge is 2.41. The summed E-state index contributed by atoms with van der Waals surface area (Å²) in [6.07, 6.45) is 6.67. The van der Waals surface area contributed by atoms with Crippen LogP contribution in [0.25, 0.3) is 4.91 Å². The van der Waals surface area contributed by atoms with E-state index in [4.69, 9.17) is 0 Å². The second kappa shape index (κ2) is 6.33. The third-order valence-corrected chi connectivity index (χ3v) is 5.67. The molecule has 0 unspecified atom stereocenters. The molecule has 108 valence electrons. The van der Waals surface area contributed by atoms with Gasteiger partial charge in [-0.2, -0.15) is 0 Å². The van der Waals surface area contributed by atoms with Gasteiger partial charge < -0.3 is 5.32 Å². The fraction of sp³-hybridized carbons (Fsp3) is 0.529. The summed E-state index contributed by atoms with van der Waals surface area (Å²) in [5.74, 6) is 0. The van der Waals surface area contributed by atoms with E-state index in [1.807, 2.05) is 11.9 Å². The van der Waals surface area contributed by atoms with Gasteiger partial charge in [-0.05, 0) is 42.5 Å². The molecule has 0 aromatic heterocycles. The van der Waals surface area contributed by atoms with Crippen LogP contribution < -0.4 is 10.0 Å². The Kier molecular flexibility index (Phi) is 4.49. The van der Waals surface area contributed by atoms with Gasteiger partial charge >= 0.3 is 0 Å². The summed E-state index contributed by atoms with van der Waals surface area (Å²) >= 11 is 1.85. The van der Waals surface area contributed by atoms with Crippen molar-refractivity contribution in [2.24, 2.45) is 0 Å². The molecule has 0 radical (unpaired) electrons. The molecule has 20 heavy (non-hydrogen) atoms. The molecule has 1 fully saturated rings. The maximum atomic E-state index is 3.78. The standard InChI is InChI=1S/C17H24N2S/c1-2-18-13-15-16(14-9-5-3-6-10-14)20-19-17(15)11-7-4-8-12-17/h3,5-6,9-10,18-19H,2,4,7-8,11-13H2,1H3.